The maximum atomic E-state index is 12.1. The van der Waals surface area contributed by atoms with Crippen LogP contribution in [0, 0.1) is 0 Å². The van der Waals surface area contributed by atoms with Crippen LogP contribution in [0.1, 0.15) is 38.5 Å². The number of benzene rings is 1. The van der Waals surface area contributed by atoms with Crippen LogP contribution in [0.5, 0.6) is 0 Å². The van der Waals surface area contributed by atoms with E-state index in [2.05, 4.69) is 15.6 Å². The standard InChI is InChI=1S/C15H19N3O2/c1-15(2,16-3)14(19)17-10-6-7-12-11(8-10)18-13(20-12)9-4-5-9/h6-9,16H,4-5H2,1-3H3,(H,17,19). The Morgan fingerprint density at radius 3 is 2.80 bits per heavy atom. The Balaban J connectivity index is 1.83. The second kappa shape index (κ2) is 4.59. The van der Waals surface area contributed by atoms with Crippen LogP contribution in [0.15, 0.2) is 22.6 Å². The van der Waals surface area contributed by atoms with Crippen molar-refractivity contribution in [3.05, 3.63) is 24.1 Å². The zero-order chi connectivity index (χ0) is 14.3. The van der Waals surface area contributed by atoms with E-state index in [0.717, 1.165) is 35.5 Å². The first-order valence-corrected chi connectivity index (χ1v) is 6.90. The van der Waals surface area contributed by atoms with E-state index in [9.17, 15) is 4.79 Å². The monoisotopic (exact) mass is 273 g/mol. The van der Waals surface area contributed by atoms with Gasteiger partial charge < -0.3 is 15.1 Å². The van der Waals surface area contributed by atoms with Crippen LogP contribution >= 0.6 is 0 Å². The van der Waals surface area contributed by atoms with Gasteiger partial charge in [0.05, 0.1) is 5.54 Å². The maximum absolute atomic E-state index is 12.1. The minimum atomic E-state index is -0.613. The first-order valence-electron chi connectivity index (χ1n) is 6.90. The Morgan fingerprint density at radius 2 is 2.15 bits per heavy atom. The summed E-state index contributed by atoms with van der Waals surface area (Å²) < 4.78 is 5.70. The van der Waals surface area contributed by atoms with E-state index in [4.69, 9.17) is 4.42 Å². The number of oxazole rings is 1. The summed E-state index contributed by atoms with van der Waals surface area (Å²) in [6, 6.07) is 5.55. The Hall–Kier alpha value is -1.88. The van der Waals surface area contributed by atoms with Crippen molar-refractivity contribution in [2.24, 2.45) is 0 Å². The van der Waals surface area contributed by atoms with E-state index >= 15 is 0 Å². The Bertz CT molecular complexity index is 656. The van der Waals surface area contributed by atoms with Crippen LogP contribution in [-0.2, 0) is 4.79 Å². The number of nitrogens with one attached hydrogen (secondary N) is 2. The van der Waals surface area contributed by atoms with Crippen molar-refractivity contribution in [3.8, 4) is 0 Å². The van der Waals surface area contributed by atoms with Gasteiger partial charge in [0.25, 0.3) is 0 Å². The van der Waals surface area contributed by atoms with E-state index in [1.807, 2.05) is 32.0 Å². The maximum Gasteiger partial charge on any atom is 0.244 e. The van der Waals surface area contributed by atoms with Crippen LogP contribution in [-0.4, -0.2) is 23.5 Å². The molecule has 1 fully saturated rings. The summed E-state index contributed by atoms with van der Waals surface area (Å²) in [5.41, 5.74) is 1.70. The molecule has 5 heteroatoms. The largest absolute Gasteiger partial charge is 0.440 e. The summed E-state index contributed by atoms with van der Waals surface area (Å²) in [6.45, 7) is 3.67. The van der Waals surface area contributed by atoms with Crippen LogP contribution in [0.2, 0.25) is 0 Å². The molecule has 0 aliphatic heterocycles. The molecule has 1 aromatic heterocycles. The molecule has 106 valence electrons. The number of hydrogen-bond acceptors (Lipinski definition) is 4. The minimum Gasteiger partial charge on any atom is -0.440 e. The second-order valence-electron chi connectivity index (χ2n) is 5.84. The highest BCUT2D eigenvalue weighted by atomic mass is 16.3. The van der Waals surface area contributed by atoms with Crippen molar-refractivity contribution in [1.29, 1.82) is 0 Å². The third-order valence-corrected chi connectivity index (χ3v) is 3.78. The molecule has 1 aliphatic carbocycles. The molecule has 0 unspecified atom stereocenters. The number of anilines is 1. The van der Waals surface area contributed by atoms with E-state index < -0.39 is 5.54 Å². The average molecular weight is 273 g/mol. The molecule has 1 amide bonds. The molecule has 1 aliphatic rings. The Labute approximate surface area is 117 Å². The molecule has 0 spiro atoms. The van der Waals surface area contributed by atoms with Gasteiger partial charge in [0, 0.05) is 11.6 Å². The zero-order valence-corrected chi connectivity index (χ0v) is 12.0. The number of likely N-dealkylation sites (N-methyl/N-ethyl adjacent to an activating group) is 1. The first-order chi connectivity index (χ1) is 9.49. The highest BCUT2D eigenvalue weighted by molar-refractivity contribution is 5.98. The third-order valence-electron chi connectivity index (χ3n) is 3.78. The highest BCUT2D eigenvalue weighted by Crippen LogP contribution is 2.40. The topological polar surface area (TPSA) is 67.2 Å². The van der Waals surface area contributed by atoms with Gasteiger partial charge in [-0.2, -0.15) is 0 Å². The molecule has 20 heavy (non-hydrogen) atoms. The highest BCUT2D eigenvalue weighted by Gasteiger charge is 2.29. The summed E-state index contributed by atoms with van der Waals surface area (Å²) in [5.74, 6) is 1.23. The van der Waals surface area contributed by atoms with Gasteiger partial charge >= 0.3 is 0 Å². The number of hydrogen-bond donors (Lipinski definition) is 2. The lowest BCUT2D eigenvalue weighted by Gasteiger charge is -2.22. The van der Waals surface area contributed by atoms with Crippen LogP contribution in [0.3, 0.4) is 0 Å². The van der Waals surface area contributed by atoms with E-state index in [1.54, 1.807) is 7.05 Å². The summed E-state index contributed by atoms with van der Waals surface area (Å²) in [5, 5.41) is 5.88. The van der Waals surface area contributed by atoms with Crippen molar-refractivity contribution < 1.29 is 9.21 Å². The molecule has 3 rings (SSSR count). The van der Waals surface area contributed by atoms with Gasteiger partial charge in [0.15, 0.2) is 11.5 Å². The summed E-state index contributed by atoms with van der Waals surface area (Å²) in [4.78, 5) is 16.6. The predicted octanol–water partition coefficient (Wildman–Crippen LogP) is 2.64. The van der Waals surface area contributed by atoms with Crippen molar-refractivity contribution in [3.63, 3.8) is 0 Å². The fourth-order valence-corrected chi connectivity index (χ4v) is 1.93. The predicted molar refractivity (Wildman–Crippen MR) is 77.8 cm³/mol. The molecule has 0 radical (unpaired) electrons. The van der Waals surface area contributed by atoms with E-state index in [1.165, 1.54) is 0 Å². The fraction of sp³-hybridized carbons (Fsp3) is 0.467. The van der Waals surface area contributed by atoms with Gasteiger partial charge in [-0.05, 0) is 51.9 Å². The third kappa shape index (κ3) is 2.41. The summed E-state index contributed by atoms with van der Waals surface area (Å²) in [7, 11) is 1.77. The molecule has 0 bridgehead atoms. The molecule has 0 saturated heterocycles. The lowest BCUT2D eigenvalue weighted by molar-refractivity contribution is -0.121. The number of aromatic nitrogens is 1. The van der Waals surface area contributed by atoms with Gasteiger partial charge in [0.1, 0.15) is 5.52 Å². The number of rotatable bonds is 4. The molecule has 5 nitrogen and oxygen atoms in total. The first kappa shape index (κ1) is 13.1. The van der Waals surface area contributed by atoms with E-state index in [0.29, 0.717) is 5.92 Å². The quantitative estimate of drug-likeness (QED) is 0.898. The molecule has 1 aromatic carbocycles. The fourth-order valence-electron chi connectivity index (χ4n) is 1.93. The molecule has 2 aromatic rings. The summed E-state index contributed by atoms with van der Waals surface area (Å²) >= 11 is 0. The SMILES string of the molecule is CNC(C)(C)C(=O)Nc1ccc2oc(C3CC3)nc2c1. The lowest BCUT2D eigenvalue weighted by Crippen LogP contribution is -2.47. The van der Waals surface area contributed by atoms with Gasteiger partial charge in [-0.3, -0.25) is 4.79 Å². The van der Waals surface area contributed by atoms with Gasteiger partial charge in [0.2, 0.25) is 5.91 Å². The van der Waals surface area contributed by atoms with Crippen LogP contribution < -0.4 is 10.6 Å². The normalized spacial score (nSPS) is 15.6. The molecule has 1 saturated carbocycles. The molecule has 2 N–H and O–H groups in total. The molecular weight excluding hydrogens is 254 g/mol. The lowest BCUT2D eigenvalue weighted by atomic mass is 10.1. The molecular formula is C15H19N3O2. The smallest absolute Gasteiger partial charge is 0.244 e. The Kier molecular flexibility index (Phi) is 3.01. The molecule has 0 atom stereocenters. The van der Waals surface area contributed by atoms with Gasteiger partial charge in [-0.1, -0.05) is 0 Å². The molecule has 1 heterocycles. The number of carbonyl (C=O) groups excluding carboxylic acids is 1. The van der Waals surface area contributed by atoms with E-state index in [-0.39, 0.29) is 5.91 Å². The second-order valence-corrected chi connectivity index (χ2v) is 5.84. The van der Waals surface area contributed by atoms with Crippen LogP contribution in [0.25, 0.3) is 11.1 Å². The van der Waals surface area contributed by atoms with Crippen LogP contribution in [0.4, 0.5) is 5.69 Å². The van der Waals surface area contributed by atoms with Crippen molar-refractivity contribution in [2.75, 3.05) is 12.4 Å². The number of amides is 1. The zero-order valence-electron chi connectivity index (χ0n) is 12.0. The number of fused-ring (bicyclic) bond motifs is 1. The Morgan fingerprint density at radius 1 is 1.40 bits per heavy atom. The number of nitrogens with zero attached hydrogens (tertiary/aromatic N) is 1. The summed E-state index contributed by atoms with van der Waals surface area (Å²) in [6.07, 6.45) is 2.32. The van der Waals surface area contributed by atoms with Crippen molar-refractivity contribution >= 4 is 22.7 Å². The average Bonchev–Trinajstić information content (AvgIpc) is 3.18. The minimum absolute atomic E-state index is 0.0785. The van der Waals surface area contributed by atoms with Gasteiger partial charge in [-0.25, -0.2) is 4.98 Å². The van der Waals surface area contributed by atoms with Crippen molar-refractivity contribution in [1.82, 2.24) is 10.3 Å². The van der Waals surface area contributed by atoms with Crippen molar-refractivity contribution in [2.45, 2.75) is 38.1 Å². The number of carbonyl (C=O) groups is 1. The van der Waals surface area contributed by atoms with Gasteiger partial charge in [-0.15, -0.1) is 0 Å².